The minimum absolute atomic E-state index is 0.00512. The molecule has 2 N–H and O–H groups in total. The second-order valence-electron chi connectivity index (χ2n) is 6.07. The van der Waals surface area contributed by atoms with Crippen LogP contribution in [0.5, 0.6) is 0 Å². The van der Waals surface area contributed by atoms with E-state index < -0.39 is 50.8 Å². The fourth-order valence-corrected chi connectivity index (χ4v) is 4.01. The molecule has 0 heterocycles. The molecular weight excluding hydrogens is 404 g/mol. The number of carbonyl (C=O) groups excluding carboxylic acids is 2. The number of sulfone groups is 1. The lowest BCUT2D eigenvalue weighted by molar-refractivity contribution is -0.122. The van der Waals surface area contributed by atoms with Crippen LogP contribution in [0.2, 0.25) is 0 Å². The second-order valence-corrected chi connectivity index (χ2v) is 8.18. The van der Waals surface area contributed by atoms with E-state index in [-0.39, 0.29) is 17.7 Å². The molecule has 0 spiro atoms. The maximum absolute atomic E-state index is 13.3. The highest BCUT2D eigenvalue weighted by Gasteiger charge is 2.28. The summed E-state index contributed by atoms with van der Waals surface area (Å²) in [6.07, 6.45) is 0. The normalized spacial score (nSPS) is 11.9. The lowest BCUT2D eigenvalue weighted by Crippen LogP contribution is -2.50. The number of carbonyl (C=O) groups is 2. The SMILES string of the molecule is N#CCNC(=O)C(CS(=O)(=O)Cc1ccc(F)c(F)c1)NC(=O)c1ccccc1. The number of hydrogen-bond donors (Lipinski definition) is 2. The van der Waals surface area contributed by atoms with Crippen molar-refractivity contribution in [3.8, 4) is 6.07 Å². The molecule has 0 saturated heterocycles. The zero-order valence-corrected chi connectivity index (χ0v) is 15.9. The topological polar surface area (TPSA) is 116 Å². The molecule has 2 rings (SSSR count). The van der Waals surface area contributed by atoms with Gasteiger partial charge in [0.1, 0.15) is 12.6 Å². The summed E-state index contributed by atoms with van der Waals surface area (Å²) in [5.41, 5.74) is 0.207. The molecule has 0 aliphatic carbocycles. The Bertz CT molecular complexity index is 1040. The van der Waals surface area contributed by atoms with Gasteiger partial charge >= 0.3 is 0 Å². The summed E-state index contributed by atoms with van der Waals surface area (Å²) < 4.78 is 51.3. The number of nitrogens with zero attached hydrogens (tertiary/aromatic N) is 1. The van der Waals surface area contributed by atoms with E-state index in [1.54, 1.807) is 24.3 Å². The molecule has 0 radical (unpaired) electrons. The maximum atomic E-state index is 13.3. The molecule has 2 amide bonds. The van der Waals surface area contributed by atoms with Gasteiger partial charge < -0.3 is 10.6 Å². The first-order valence-corrected chi connectivity index (χ1v) is 10.2. The third-order valence-corrected chi connectivity index (χ3v) is 5.41. The van der Waals surface area contributed by atoms with Gasteiger partial charge in [0.2, 0.25) is 5.91 Å². The van der Waals surface area contributed by atoms with Crippen molar-refractivity contribution in [2.75, 3.05) is 12.3 Å². The average Bonchev–Trinajstić information content (AvgIpc) is 2.68. The molecule has 7 nitrogen and oxygen atoms in total. The van der Waals surface area contributed by atoms with Crippen LogP contribution >= 0.6 is 0 Å². The molecular formula is C19H17F2N3O4S. The highest BCUT2D eigenvalue weighted by molar-refractivity contribution is 7.90. The Morgan fingerprint density at radius 3 is 2.38 bits per heavy atom. The van der Waals surface area contributed by atoms with E-state index >= 15 is 0 Å². The van der Waals surface area contributed by atoms with Crippen molar-refractivity contribution >= 4 is 21.7 Å². The van der Waals surface area contributed by atoms with Crippen LogP contribution in [0.4, 0.5) is 8.78 Å². The zero-order valence-electron chi connectivity index (χ0n) is 15.1. The molecule has 0 bridgehead atoms. The van der Waals surface area contributed by atoms with Gasteiger partial charge in [0.05, 0.1) is 17.6 Å². The van der Waals surface area contributed by atoms with Crippen molar-refractivity contribution in [3.05, 3.63) is 71.3 Å². The molecule has 0 fully saturated rings. The number of nitrogens with one attached hydrogen (secondary N) is 2. The lowest BCUT2D eigenvalue weighted by atomic mass is 10.2. The van der Waals surface area contributed by atoms with E-state index in [2.05, 4.69) is 10.6 Å². The smallest absolute Gasteiger partial charge is 0.251 e. The number of hydrogen-bond acceptors (Lipinski definition) is 5. The average molecular weight is 421 g/mol. The van der Waals surface area contributed by atoms with Gasteiger partial charge in [0.25, 0.3) is 5.91 Å². The largest absolute Gasteiger partial charge is 0.341 e. The Kier molecular flexibility index (Phi) is 7.39. The van der Waals surface area contributed by atoms with E-state index in [0.717, 1.165) is 18.2 Å². The predicted molar refractivity (Wildman–Crippen MR) is 100 cm³/mol. The molecule has 1 unspecified atom stereocenters. The second kappa shape index (κ2) is 9.75. The molecule has 2 aromatic rings. The van der Waals surface area contributed by atoms with E-state index in [4.69, 9.17) is 5.26 Å². The minimum Gasteiger partial charge on any atom is -0.341 e. The van der Waals surface area contributed by atoms with Crippen LogP contribution in [-0.4, -0.2) is 38.6 Å². The third kappa shape index (κ3) is 6.65. The quantitative estimate of drug-likeness (QED) is 0.624. The molecule has 152 valence electrons. The summed E-state index contributed by atoms with van der Waals surface area (Å²) >= 11 is 0. The summed E-state index contributed by atoms with van der Waals surface area (Å²) in [4.78, 5) is 24.6. The van der Waals surface area contributed by atoms with Gasteiger partial charge in [-0.3, -0.25) is 9.59 Å². The van der Waals surface area contributed by atoms with Gasteiger partial charge in [0, 0.05) is 5.56 Å². The Balaban J connectivity index is 2.18. The van der Waals surface area contributed by atoms with Crippen molar-refractivity contribution in [3.63, 3.8) is 0 Å². The lowest BCUT2D eigenvalue weighted by Gasteiger charge is -2.18. The highest BCUT2D eigenvalue weighted by Crippen LogP contribution is 2.13. The van der Waals surface area contributed by atoms with Crippen LogP contribution in [0.1, 0.15) is 15.9 Å². The number of rotatable bonds is 8. The first-order chi connectivity index (χ1) is 13.7. The van der Waals surface area contributed by atoms with E-state index in [1.165, 1.54) is 12.1 Å². The van der Waals surface area contributed by atoms with Crippen LogP contribution in [0, 0.1) is 23.0 Å². The standard InChI is InChI=1S/C19H17F2N3O4S/c20-15-7-6-13(10-16(15)21)11-29(27,28)12-17(19(26)23-9-8-22)24-18(25)14-4-2-1-3-5-14/h1-7,10,17H,9,11-12H2,(H,23,26)(H,24,25). The first kappa shape index (κ1) is 22.0. The van der Waals surface area contributed by atoms with Crippen LogP contribution < -0.4 is 10.6 Å². The zero-order chi connectivity index (χ0) is 21.4. The predicted octanol–water partition coefficient (Wildman–Crippen LogP) is 1.32. The Hall–Kier alpha value is -3.32. The van der Waals surface area contributed by atoms with E-state index in [9.17, 15) is 26.8 Å². The summed E-state index contributed by atoms with van der Waals surface area (Å²) in [6.45, 7) is -0.375. The Labute approximate surface area is 166 Å². The van der Waals surface area contributed by atoms with Crippen LogP contribution in [-0.2, 0) is 20.4 Å². The minimum atomic E-state index is -4.01. The monoisotopic (exact) mass is 421 g/mol. The van der Waals surface area contributed by atoms with E-state index in [0.29, 0.717) is 0 Å². The molecule has 1 atom stereocenters. The fourth-order valence-electron chi connectivity index (χ4n) is 2.46. The van der Waals surface area contributed by atoms with Crippen molar-refractivity contribution in [2.45, 2.75) is 11.8 Å². The molecule has 2 aromatic carbocycles. The number of nitriles is 1. The summed E-state index contributed by atoms with van der Waals surface area (Å²) in [5, 5.41) is 13.1. The molecule has 0 aliphatic rings. The van der Waals surface area contributed by atoms with Gasteiger partial charge in [-0.2, -0.15) is 5.26 Å². The van der Waals surface area contributed by atoms with Crippen LogP contribution in [0.25, 0.3) is 0 Å². The first-order valence-electron chi connectivity index (χ1n) is 8.37. The molecule has 0 saturated carbocycles. The summed E-state index contributed by atoms with van der Waals surface area (Å²) in [6, 6.07) is 10.7. The van der Waals surface area contributed by atoms with Crippen LogP contribution in [0.15, 0.2) is 48.5 Å². The van der Waals surface area contributed by atoms with Gasteiger partial charge in [-0.25, -0.2) is 17.2 Å². The number of benzene rings is 2. The molecule has 0 aromatic heterocycles. The molecule has 10 heteroatoms. The van der Waals surface area contributed by atoms with Gasteiger partial charge in [-0.1, -0.05) is 24.3 Å². The Morgan fingerprint density at radius 1 is 1.07 bits per heavy atom. The van der Waals surface area contributed by atoms with E-state index in [1.807, 2.05) is 0 Å². The fraction of sp³-hybridized carbons (Fsp3) is 0.211. The van der Waals surface area contributed by atoms with Crippen molar-refractivity contribution in [1.82, 2.24) is 10.6 Å². The Morgan fingerprint density at radius 2 is 1.76 bits per heavy atom. The van der Waals surface area contributed by atoms with Gasteiger partial charge in [-0.05, 0) is 29.8 Å². The van der Waals surface area contributed by atoms with Crippen LogP contribution in [0.3, 0.4) is 0 Å². The highest BCUT2D eigenvalue weighted by atomic mass is 32.2. The third-order valence-electron chi connectivity index (χ3n) is 3.79. The summed E-state index contributed by atoms with van der Waals surface area (Å²) in [7, 11) is -4.01. The van der Waals surface area contributed by atoms with Gasteiger partial charge in [-0.15, -0.1) is 0 Å². The van der Waals surface area contributed by atoms with Crippen molar-refractivity contribution in [2.24, 2.45) is 0 Å². The van der Waals surface area contributed by atoms with Crippen molar-refractivity contribution in [1.29, 1.82) is 5.26 Å². The van der Waals surface area contributed by atoms with Crippen molar-refractivity contribution < 1.29 is 26.8 Å². The molecule has 29 heavy (non-hydrogen) atoms. The molecule has 0 aliphatic heterocycles. The van der Waals surface area contributed by atoms with Gasteiger partial charge in [0.15, 0.2) is 21.5 Å². The number of halogens is 2. The summed E-state index contributed by atoms with van der Waals surface area (Å²) in [5.74, 6) is -5.29. The maximum Gasteiger partial charge on any atom is 0.251 e. The number of amides is 2.